The van der Waals surface area contributed by atoms with Crippen molar-refractivity contribution in [3.8, 4) is 0 Å². The minimum Gasteiger partial charge on any atom is -0.258 e. The second-order valence-electron chi connectivity index (χ2n) is 4.88. The number of thiocarbonyl (C=S) groups is 1. The van der Waals surface area contributed by atoms with Gasteiger partial charge in [-0.15, -0.1) is 5.11 Å². The first-order chi connectivity index (χ1) is 10.5. The minimum atomic E-state index is -0.432. The van der Waals surface area contributed by atoms with Crippen molar-refractivity contribution in [2.75, 3.05) is 0 Å². The van der Waals surface area contributed by atoms with Crippen LogP contribution in [0.4, 0.5) is 5.69 Å². The Hall–Kier alpha value is -2.18. The van der Waals surface area contributed by atoms with E-state index < -0.39 is 4.92 Å². The highest BCUT2D eigenvalue weighted by Gasteiger charge is 2.22. The molecule has 0 saturated heterocycles. The van der Waals surface area contributed by atoms with Gasteiger partial charge in [0.2, 0.25) is 0 Å². The molecule has 0 bridgehead atoms. The SMILES string of the molecule is O=[N+]([O-])c1ccc(C2N=NC(=S)Cc3ccc(Cl)cc32)cc1. The van der Waals surface area contributed by atoms with Gasteiger partial charge in [-0.2, -0.15) is 5.11 Å². The van der Waals surface area contributed by atoms with E-state index in [-0.39, 0.29) is 11.7 Å². The van der Waals surface area contributed by atoms with E-state index in [0.29, 0.717) is 16.4 Å². The number of halogens is 1. The molecule has 0 fully saturated rings. The van der Waals surface area contributed by atoms with Crippen LogP contribution in [0, 0.1) is 10.1 Å². The maximum absolute atomic E-state index is 10.8. The maximum atomic E-state index is 10.8. The van der Waals surface area contributed by atoms with Crippen molar-refractivity contribution in [3.05, 3.63) is 74.3 Å². The first-order valence-corrected chi connectivity index (χ1v) is 7.29. The molecule has 1 aliphatic rings. The highest BCUT2D eigenvalue weighted by atomic mass is 35.5. The van der Waals surface area contributed by atoms with Crippen LogP contribution in [-0.2, 0) is 6.42 Å². The standard InChI is InChI=1S/C15H10ClN3O2S/c16-11-4-1-10-7-14(22)17-18-15(13(10)8-11)9-2-5-12(6-3-9)19(20)21/h1-6,8,15H,7H2. The number of nitrogens with zero attached hydrogens (tertiary/aromatic N) is 3. The van der Waals surface area contributed by atoms with Gasteiger partial charge in [-0.05, 0) is 41.0 Å². The van der Waals surface area contributed by atoms with Crippen molar-refractivity contribution in [1.82, 2.24) is 0 Å². The number of fused-ring (bicyclic) bond motifs is 1. The topological polar surface area (TPSA) is 67.9 Å². The minimum absolute atomic E-state index is 0.0381. The molecule has 2 aromatic carbocycles. The molecular weight excluding hydrogens is 322 g/mol. The zero-order valence-electron chi connectivity index (χ0n) is 11.3. The highest BCUT2D eigenvalue weighted by molar-refractivity contribution is 7.80. The van der Waals surface area contributed by atoms with Crippen molar-refractivity contribution >= 4 is 34.5 Å². The Morgan fingerprint density at radius 2 is 1.95 bits per heavy atom. The molecule has 5 nitrogen and oxygen atoms in total. The lowest BCUT2D eigenvalue weighted by atomic mass is 9.94. The summed E-state index contributed by atoms with van der Waals surface area (Å²) in [5.74, 6) is 0. The Balaban J connectivity index is 2.09. The fourth-order valence-electron chi connectivity index (χ4n) is 2.39. The van der Waals surface area contributed by atoms with Gasteiger partial charge in [0, 0.05) is 23.6 Å². The third-order valence-electron chi connectivity index (χ3n) is 3.45. The fraction of sp³-hybridized carbons (Fsp3) is 0.133. The predicted molar refractivity (Wildman–Crippen MR) is 87.5 cm³/mol. The summed E-state index contributed by atoms with van der Waals surface area (Å²) in [5.41, 5.74) is 2.78. The second-order valence-corrected chi connectivity index (χ2v) is 5.79. The lowest BCUT2D eigenvalue weighted by Crippen LogP contribution is -2.02. The summed E-state index contributed by atoms with van der Waals surface area (Å²) >= 11 is 11.3. The monoisotopic (exact) mass is 331 g/mol. The van der Waals surface area contributed by atoms with E-state index in [9.17, 15) is 10.1 Å². The van der Waals surface area contributed by atoms with E-state index in [0.717, 1.165) is 16.7 Å². The number of non-ortho nitro benzene ring substituents is 1. The van der Waals surface area contributed by atoms with Crippen molar-refractivity contribution < 1.29 is 4.92 Å². The average molecular weight is 332 g/mol. The van der Waals surface area contributed by atoms with E-state index in [1.165, 1.54) is 12.1 Å². The van der Waals surface area contributed by atoms with Gasteiger partial charge in [0.25, 0.3) is 5.69 Å². The van der Waals surface area contributed by atoms with E-state index in [2.05, 4.69) is 10.2 Å². The number of hydrogen-bond donors (Lipinski definition) is 0. The van der Waals surface area contributed by atoms with E-state index in [4.69, 9.17) is 23.8 Å². The summed E-state index contributed by atoms with van der Waals surface area (Å²) in [6.45, 7) is 0. The van der Waals surface area contributed by atoms with Crippen LogP contribution in [0.1, 0.15) is 22.7 Å². The fourth-order valence-corrected chi connectivity index (χ4v) is 2.77. The Morgan fingerprint density at radius 3 is 2.64 bits per heavy atom. The van der Waals surface area contributed by atoms with Gasteiger partial charge < -0.3 is 0 Å². The number of azo groups is 1. The van der Waals surface area contributed by atoms with Crippen LogP contribution in [0.15, 0.2) is 52.7 Å². The van der Waals surface area contributed by atoms with Gasteiger partial charge in [0.15, 0.2) is 0 Å². The molecule has 0 radical (unpaired) electrons. The molecule has 0 N–H and O–H groups in total. The van der Waals surface area contributed by atoms with E-state index in [1.54, 1.807) is 18.2 Å². The zero-order valence-corrected chi connectivity index (χ0v) is 12.8. The first kappa shape index (κ1) is 14.7. The molecular formula is C15H10ClN3O2S. The van der Waals surface area contributed by atoms with Gasteiger partial charge in [-0.3, -0.25) is 10.1 Å². The van der Waals surface area contributed by atoms with Crippen LogP contribution in [0.5, 0.6) is 0 Å². The molecule has 1 unspecified atom stereocenters. The molecule has 0 amide bonds. The third kappa shape index (κ3) is 2.88. The van der Waals surface area contributed by atoms with Crippen LogP contribution < -0.4 is 0 Å². The lowest BCUT2D eigenvalue weighted by Gasteiger charge is -2.14. The van der Waals surface area contributed by atoms with Gasteiger partial charge in [-0.25, -0.2) is 0 Å². The maximum Gasteiger partial charge on any atom is 0.269 e. The van der Waals surface area contributed by atoms with Crippen LogP contribution in [0.25, 0.3) is 0 Å². The number of nitro groups is 1. The summed E-state index contributed by atoms with van der Waals surface area (Å²) in [6, 6.07) is 11.5. The summed E-state index contributed by atoms with van der Waals surface area (Å²) in [6.07, 6.45) is 0.537. The molecule has 110 valence electrons. The molecule has 1 heterocycles. The lowest BCUT2D eigenvalue weighted by molar-refractivity contribution is -0.384. The third-order valence-corrected chi connectivity index (χ3v) is 3.91. The summed E-state index contributed by atoms with van der Waals surface area (Å²) < 4.78 is 0. The van der Waals surface area contributed by atoms with E-state index in [1.807, 2.05) is 12.1 Å². The average Bonchev–Trinajstić information content (AvgIpc) is 2.66. The van der Waals surface area contributed by atoms with Crippen LogP contribution in [0.2, 0.25) is 5.02 Å². The molecule has 1 atom stereocenters. The van der Waals surface area contributed by atoms with Crippen molar-refractivity contribution in [3.63, 3.8) is 0 Å². The first-order valence-electron chi connectivity index (χ1n) is 6.51. The largest absolute Gasteiger partial charge is 0.269 e. The molecule has 0 spiro atoms. The molecule has 2 aromatic rings. The van der Waals surface area contributed by atoms with Crippen LogP contribution in [-0.4, -0.2) is 9.91 Å². The zero-order chi connectivity index (χ0) is 15.7. The van der Waals surface area contributed by atoms with E-state index >= 15 is 0 Å². The van der Waals surface area contributed by atoms with Crippen molar-refractivity contribution in [2.24, 2.45) is 10.2 Å². The molecule has 1 aliphatic heterocycles. The van der Waals surface area contributed by atoms with Crippen molar-refractivity contribution in [1.29, 1.82) is 0 Å². The Bertz CT molecular complexity index is 790. The quantitative estimate of drug-likeness (QED) is 0.456. The molecule has 7 heteroatoms. The van der Waals surface area contributed by atoms with Gasteiger partial charge in [-0.1, -0.05) is 29.9 Å². The summed E-state index contributed by atoms with van der Waals surface area (Å²) in [7, 11) is 0. The van der Waals surface area contributed by atoms with Gasteiger partial charge in [0.1, 0.15) is 11.0 Å². The smallest absolute Gasteiger partial charge is 0.258 e. The Kier molecular flexibility index (Phi) is 3.96. The number of hydrogen-bond acceptors (Lipinski definition) is 4. The highest BCUT2D eigenvalue weighted by Crippen LogP contribution is 2.34. The number of benzene rings is 2. The summed E-state index contributed by atoms with van der Waals surface area (Å²) in [5, 5.41) is 19.7. The Labute approximate surface area is 136 Å². The number of rotatable bonds is 2. The normalized spacial score (nSPS) is 17.0. The number of nitro benzene ring substituents is 1. The van der Waals surface area contributed by atoms with Crippen molar-refractivity contribution in [2.45, 2.75) is 12.5 Å². The van der Waals surface area contributed by atoms with Gasteiger partial charge in [0.05, 0.1) is 4.92 Å². The summed E-state index contributed by atoms with van der Waals surface area (Å²) in [4.78, 5) is 10.8. The predicted octanol–water partition coefficient (Wildman–Crippen LogP) is 4.67. The second kappa shape index (κ2) is 5.90. The molecule has 0 saturated carbocycles. The molecule has 0 aliphatic carbocycles. The van der Waals surface area contributed by atoms with Crippen LogP contribution >= 0.6 is 23.8 Å². The Morgan fingerprint density at radius 1 is 1.23 bits per heavy atom. The molecule has 22 heavy (non-hydrogen) atoms. The molecule has 0 aromatic heterocycles. The van der Waals surface area contributed by atoms with Gasteiger partial charge >= 0.3 is 0 Å². The molecule has 3 rings (SSSR count). The van der Waals surface area contributed by atoms with Crippen LogP contribution in [0.3, 0.4) is 0 Å².